The summed E-state index contributed by atoms with van der Waals surface area (Å²) in [5.74, 6) is -0.125. The van der Waals surface area contributed by atoms with E-state index in [9.17, 15) is 4.79 Å². The number of carbonyl (C=O) groups is 1. The molecular weight excluding hydrogens is 320 g/mol. The third-order valence-electron chi connectivity index (χ3n) is 3.88. The first kappa shape index (κ1) is 18.5. The Morgan fingerprint density at radius 2 is 2.08 bits per heavy atom. The first-order valence-corrected chi connectivity index (χ1v) is 8.94. The standard InChI is InChI=1S/C19H24N2O2S/c1-13-8-9-16(12-14(13)2)24-19-17(7-4-10-20-19)18(23)21-15(3)6-5-11-22/h4,7-10,12,15,22H,5-6,11H2,1-3H3,(H,21,23). The van der Waals surface area contributed by atoms with E-state index in [4.69, 9.17) is 5.11 Å². The van der Waals surface area contributed by atoms with Gasteiger partial charge in [-0.2, -0.15) is 0 Å². The van der Waals surface area contributed by atoms with Gasteiger partial charge in [-0.25, -0.2) is 4.98 Å². The number of aliphatic hydroxyl groups excluding tert-OH is 1. The summed E-state index contributed by atoms with van der Waals surface area (Å²) in [7, 11) is 0. The number of hydrogen-bond acceptors (Lipinski definition) is 4. The normalized spacial score (nSPS) is 12.0. The summed E-state index contributed by atoms with van der Waals surface area (Å²) in [4.78, 5) is 18.0. The van der Waals surface area contributed by atoms with Crippen molar-refractivity contribution in [2.75, 3.05) is 6.61 Å². The Labute approximate surface area is 147 Å². The Balaban J connectivity index is 2.14. The third kappa shape index (κ3) is 5.08. The molecule has 0 saturated heterocycles. The molecule has 1 atom stereocenters. The van der Waals surface area contributed by atoms with Crippen LogP contribution in [0.1, 0.15) is 41.3 Å². The fourth-order valence-corrected chi connectivity index (χ4v) is 3.28. The second-order valence-corrected chi connectivity index (χ2v) is 7.01. The lowest BCUT2D eigenvalue weighted by Crippen LogP contribution is -2.33. The minimum absolute atomic E-state index is 0.0179. The van der Waals surface area contributed by atoms with Crippen LogP contribution in [0.5, 0.6) is 0 Å². The number of aliphatic hydroxyl groups is 1. The molecule has 0 saturated carbocycles. The van der Waals surface area contributed by atoms with Gasteiger partial charge in [0.15, 0.2) is 0 Å². The van der Waals surface area contributed by atoms with Gasteiger partial charge in [-0.1, -0.05) is 17.8 Å². The first-order chi connectivity index (χ1) is 11.5. The van der Waals surface area contributed by atoms with Gasteiger partial charge >= 0.3 is 0 Å². The van der Waals surface area contributed by atoms with Crippen LogP contribution >= 0.6 is 11.8 Å². The molecule has 2 aromatic rings. The fraction of sp³-hybridized carbons (Fsp3) is 0.368. The lowest BCUT2D eigenvalue weighted by Gasteiger charge is -2.14. The highest BCUT2D eigenvalue weighted by atomic mass is 32.2. The highest BCUT2D eigenvalue weighted by Gasteiger charge is 2.15. The number of carbonyl (C=O) groups excluding carboxylic acids is 1. The Bertz CT molecular complexity index is 704. The average molecular weight is 344 g/mol. The molecule has 0 aliphatic heterocycles. The van der Waals surface area contributed by atoms with E-state index in [1.165, 1.54) is 22.9 Å². The molecule has 5 heteroatoms. The van der Waals surface area contributed by atoms with Crippen LogP contribution in [0.3, 0.4) is 0 Å². The van der Waals surface area contributed by atoms with E-state index < -0.39 is 0 Å². The van der Waals surface area contributed by atoms with Gasteiger partial charge in [-0.3, -0.25) is 4.79 Å². The van der Waals surface area contributed by atoms with Gasteiger partial charge in [0.25, 0.3) is 5.91 Å². The van der Waals surface area contributed by atoms with E-state index in [2.05, 4.69) is 36.3 Å². The molecule has 1 heterocycles. The van der Waals surface area contributed by atoms with Crippen molar-refractivity contribution >= 4 is 17.7 Å². The van der Waals surface area contributed by atoms with Crippen LogP contribution < -0.4 is 5.32 Å². The van der Waals surface area contributed by atoms with Crippen LogP contribution in [0.15, 0.2) is 46.5 Å². The molecule has 0 spiro atoms. The van der Waals surface area contributed by atoms with Crippen molar-refractivity contribution in [1.82, 2.24) is 10.3 Å². The predicted octanol–water partition coefficient (Wildman–Crippen LogP) is 3.74. The zero-order valence-corrected chi connectivity index (χ0v) is 15.2. The summed E-state index contributed by atoms with van der Waals surface area (Å²) in [5, 5.41) is 12.6. The largest absolute Gasteiger partial charge is 0.396 e. The maximum atomic E-state index is 12.5. The lowest BCUT2D eigenvalue weighted by molar-refractivity contribution is 0.0932. The lowest BCUT2D eigenvalue weighted by atomic mass is 10.1. The van der Waals surface area contributed by atoms with Crippen LogP contribution in [0.2, 0.25) is 0 Å². The fourth-order valence-electron chi connectivity index (χ4n) is 2.31. The summed E-state index contributed by atoms with van der Waals surface area (Å²) in [5.41, 5.74) is 3.05. The molecule has 4 nitrogen and oxygen atoms in total. The Morgan fingerprint density at radius 3 is 2.79 bits per heavy atom. The summed E-state index contributed by atoms with van der Waals surface area (Å²) < 4.78 is 0. The number of aromatic nitrogens is 1. The molecule has 0 aliphatic rings. The molecule has 2 rings (SSSR count). The van der Waals surface area contributed by atoms with Gasteiger partial charge < -0.3 is 10.4 Å². The van der Waals surface area contributed by atoms with Crippen molar-refractivity contribution in [3.8, 4) is 0 Å². The second kappa shape index (κ2) is 8.85. The molecule has 1 amide bonds. The molecule has 128 valence electrons. The van der Waals surface area contributed by atoms with Gasteiger partial charge in [0, 0.05) is 23.7 Å². The quantitative estimate of drug-likeness (QED) is 0.803. The summed E-state index contributed by atoms with van der Waals surface area (Å²) in [6.45, 7) is 6.24. The molecule has 2 N–H and O–H groups in total. The van der Waals surface area contributed by atoms with E-state index in [0.29, 0.717) is 17.0 Å². The predicted molar refractivity (Wildman–Crippen MR) is 97.5 cm³/mol. The zero-order valence-electron chi connectivity index (χ0n) is 14.4. The molecule has 24 heavy (non-hydrogen) atoms. The molecular formula is C19H24N2O2S. The minimum Gasteiger partial charge on any atom is -0.396 e. The number of amides is 1. The molecule has 0 fully saturated rings. The highest BCUT2D eigenvalue weighted by Crippen LogP contribution is 2.30. The molecule has 1 aromatic heterocycles. The van der Waals surface area contributed by atoms with E-state index in [-0.39, 0.29) is 18.6 Å². The van der Waals surface area contributed by atoms with Crippen molar-refractivity contribution in [2.45, 2.75) is 49.6 Å². The zero-order chi connectivity index (χ0) is 17.5. The van der Waals surface area contributed by atoms with Crippen molar-refractivity contribution in [3.63, 3.8) is 0 Å². The smallest absolute Gasteiger partial charge is 0.254 e. The number of pyridine rings is 1. The van der Waals surface area contributed by atoms with E-state index in [1.807, 2.05) is 13.0 Å². The van der Waals surface area contributed by atoms with Crippen molar-refractivity contribution < 1.29 is 9.90 Å². The second-order valence-electron chi connectivity index (χ2n) is 5.94. The average Bonchev–Trinajstić information content (AvgIpc) is 2.56. The Hall–Kier alpha value is -1.85. The van der Waals surface area contributed by atoms with Crippen molar-refractivity contribution in [1.29, 1.82) is 0 Å². The van der Waals surface area contributed by atoms with Gasteiger partial charge in [0.2, 0.25) is 0 Å². The third-order valence-corrected chi connectivity index (χ3v) is 4.89. The molecule has 1 aromatic carbocycles. The van der Waals surface area contributed by atoms with Gasteiger partial charge in [0.1, 0.15) is 5.03 Å². The van der Waals surface area contributed by atoms with Crippen LogP contribution in [0, 0.1) is 13.8 Å². The van der Waals surface area contributed by atoms with Crippen LogP contribution in [0.4, 0.5) is 0 Å². The maximum absolute atomic E-state index is 12.5. The Kier molecular flexibility index (Phi) is 6.82. The Morgan fingerprint density at radius 1 is 1.29 bits per heavy atom. The van der Waals surface area contributed by atoms with Crippen molar-refractivity contribution in [2.24, 2.45) is 0 Å². The first-order valence-electron chi connectivity index (χ1n) is 8.13. The number of rotatable bonds is 7. The van der Waals surface area contributed by atoms with E-state index in [1.54, 1.807) is 18.3 Å². The number of hydrogen-bond donors (Lipinski definition) is 2. The summed E-state index contributed by atoms with van der Waals surface area (Å²) >= 11 is 1.50. The highest BCUT2D eigenvalue weighted by molar-refractivity contribution is 7.99. The minimum atomic E-state index is -0.125. The number of nitrogens with zero attached hydrogens (tertiary/aromatic N) is 1. The summed E-state index contributed by atoms with van der Waals surface area (Å²) in [6.07, 6.45) is 3.14. The molecule has 0 radical (unpaired) electrons. The van der Waals surface area contributed by atoms with Gasteiger partial charge in [-0.15, -0.1) is 0 Å². The SMILES string of the molecule is Cc1ccc(Sc2ncccc2C(=O)NC(C)CCCO)cc1C. The maximum Gasteiger partial charge on any atom is 0.254 e. The van der Waals surface area contributed by atoms with E-state index >= 15 is 0 Å². The van der Waals surface area contributed by atoms with Crippen molar-refractivity contribution in [3.05, 3.63) is 53.2 Å². The van der Waals surface area contributed by atoms with Gasteiger partial charge in [0.05, 0.1) is 5.56 Å². The number of benzene rings is 1. The monoisotopic (exact) mass is 344 g/mol. The summed E-state index contributed by atoms with van der Waals surface area (Å²) in [6, 6.07) is 9.83. The molecule has 0 aliphatic carbocycles. The van der Waals surface area contributed by atoms with E-state index in [0.717, 1.165) is 11.3 Å². The molecule has 0 bridgehead atoms. The molecule has 1 unspecified atom stereocenters. The van der Waals surface area contributed by atoms with Crippen LogP contribution in [-0.2, 0) is 0 Å². The van der Waals surface area contributed by atoms with Crippen LogP contribution in [-0.4, -0.2) is 28.6 Å². The van der Waals surface area contributed by atoms with Gasteiger partial charge in [-0.05, 0) is 69.0 Å². The number of aryl methyl sites for hydroxylation is 2. The number of nitrogens with one attached hydrogen (secondary N) is 1. The van der Waals surface area contributed by atoms with Crippen LogP contribution in [0.25, 0.3) is 0 Å². The topological polar surface area (TPSA) is 62.2 Å².